The standard InChI is InChI=1S/C18H33N3O6/c1-12(20-15(24)26-17(2,3)4)19-11-9-8-10-13(14(22)23)21-16(25)27-18(5,6)7/h13,19H,1,8-11H2,2-7H3,(H,20,24)(H,21,25)(H,22,23)/t13-/m0/s1. The second-order valence-electron chi connectivity index (χ2n) is 8.07. The van der Waals surface area contributed by atoms with Gasteiger partial charge in [-0.25, -0.2) is 14.4 Å². The van der Waals surface area contributed by atoms with Gasteiger partial charge in [-0.3, -0.25) is 5.32 Å². The largest absolute Gasteiger partial charge is 0.480 e. The van der Waals surface area contributed by atoms with Crippen LogP contribution in [0.25, 0.3) is 0 Å². The SMILES string of the molecule is C=C(NCCCC[C@H](NC(=O)OC(C)(C)C)C(=O)O)NC(=O)OC(C)(C)C. The Labute approximate surface area is 160 Å². The van der Waals surface area contributed by atoms with Gasteiger partial charge in [0.2, 0.25) is 0 Å². The number of carbonyl (C=O) groups is 3. The van der Waals surface area contributed by atoms with Gasteiger partial charge >= 0.3 is 18.2 Å². The van der Waals surface area contributed by atoms with Crippen molar-refractivity contribution in [2.45, 2.75) is 78.0 Å². The van der Waals surface area contributed by atoms with Gasteiger partial charge in [-0.2, -0.15) is 0 Å². The van der Waals surface area contributed by atoms with E-state index >= 15 is 0 Å². The number of aliphatic carboxylic acids is 1. The Hall–Kier alpha value is -2.45. The molecule has 0 rings (SSSR count). The molecule has 9 heteroatoms. The van der Waals surface area contributed by atoms with Crippen molar-refractivity contribution < 1.29 is 29.0 Å². The number of hydrogen-bond donors (Lipinski definition) is 4. The Morgan fingerprint density at radius 1 is 0.963 bits per heavy atom. The maximum absolute atomic E-state index is 11.7. The third-order valence-corrected chi connectivity index (χ3v) is 2.90. The maximum Gasteiger partial charge on any atom is 0.413 e. The van der Waals surface area contributed by atoms with Gasteiger partial charge in [0.05, 0.1) is 0 Å². The number of carboxylic acids is 1. The molecule has 0 aliphatic rings. The number of unbranched alkanes of at least 4 members (excludes halogenated alkanes) is 1. The fraction of sp³-hybridized carbons (Fsp3) is 0.722. The Kier molecular flexibility index (Phi) is 9.67. The minimum atomic E-state index is -1.12. The van der Waals surface area contributed by atoms with Gasteiger partial charge in [0, 0.05) is 6.54 Å². The van der Waals surface area contributed by atoms with Crippen molar-refractivity contribution in [3.05, 3.63) is 12.4 Å². The van der Waals surface area contributed by atoms with Crippen LogP contribution in [0.5, 0.6) is 0 Å². The molecule has 0 saturated heterocycles. The molecule has 0 aliphatic carbocycles. The minimum Gasteiger partial charge on any atom is -0.480 e. The molecule has 0 bridgehead atoms. The second-order valence-corrected chi connectivity index (χ2v) is 8.07. The van der Waals surface area contributed by atoms with Crippen molar-refractivity contribution in [1.82, 2.24) is 16.0 Å². The van der Waals surface area contributed by atoms with Gasteiger partial charge in [-0.1, -0.05) is 6.58 Å². The lowest BCUT2D eigenvalue weighted by Gasteiger charge is -2.22. The zero-order valence-electron chi connectivity index (χ0n) is 17.1. The Morgan fingerprint density at radius 3 is 1.96 bits per heavy atom. The highest BCUT2D eigenvalue weighted by Crippen LogP contribution is 2.09. The van der Waals surface area contributed by atoms with E-state index in [1.54, 1.807) is 41.5 Å². The average Bonchev–Trinajstić information content (AvgIpc) is 2.40. The molecular weight excluding hydrogens is 354 g/mol. The number of ether oxygens (including phenoxy) is 2. The van der Waals surface area contributed by atoms with E-state index in [1.165, 1.54) is 0 Å². The molecule has 1 atom stereocenters. The van der Waals surface area contributed by atoms with Gasteiger partial charge in [0.25, 0.3) is 0 Å². The topological polar surface area (TPSA) is 126 Å². The molecule has 0 fully saturated rings. The minimum absolute atomic E-state index is 0.252. The normalized spacial score (nSPS) is 12.5. The van der Waals surface area contributed by atoms with E-state index in [4.69, 9.17) is 9.47 Å². The van der Waals surface area contributed by atoms with Crippen molar-refractivity contribution in [2.75, 3.05) is 6.54 Å². The first-order chi connectivity index (χ1) is 12.2. The highest BCUT2D eigenvalue weighted by atomic mass is 16.6. The molecule has 4 N–H and O–H groups in total. The summed E-state index contributed by atoms with van der Waals surface area (Å²) in [6.07, 6.45) is 0.0479. The lowest BCUT2D eigenvalue weighted by Crippen LogP contribution is -2.43. The highest BCUT2D eigenvalue weighted by Gasteiger charge is 2.23. The quantitative estimate of drug-likeness (QED) is 0.448. The molecule has 0 heterocycles. The lowest BCUT2D eigenvalue weighted by atomic mass is 10.1. The van der Waals surface area contributed by atoms with Crippen LogP contribution in [0.4, 0.5) is 9.59 Å². The number of carboxylic acid groups (broad SMARTS) is 1. The summed E-state index contributed by atoms with van der Waals surface area (Å²) in [5.41, 5.74) is -1.30. The average molecular weight is 387 g/mol. The van der Waals surface area contributed by atoms with E-state index in [-0.39, 0.29) is 6.42 Å². The van der Waals surface area contributed by atoms with Gasteiger partial charge in [0.1, 0.15) is 23.1 Å². The van der Waals surface area contributed by atoms with Gasteiger partial charge in [-0.15, -0.1) is 0 Å². The third kappa shape index (κ3) is 14.4. The second kappa shape index (κ2) is 10.6. The molecule has 2 amide bonds. The van der Waals surface area contributed by atoms with Crippen LogP contribution in [0.15, 0.2) is 12.4 Å². The first-order valence-electron chi connectivity index (χ1n) is 8.85. The number of hydrogen-bond acceptors (Lipinski definition) is 6. The number of amides is 2. The molecule has 27 heavy (non-hydrogen) atoms. The summed E-state index contributed by atoms with van der Waals surface area (Å²) >= 11 is 0. The molecule has 0 spiro atoms. The first kappa shape index (κ1) is 24.6. The smallest absolute Gasteiger partial charge is 0.413 e. The van der Waals surface area contributed by atoms with Crippen molar-refractivity contribution in [3.63, 3.8) is 0 Å². The molecule has 0 unspecified atom stereocenters. The van der Waals surface area contributed by atoms with Crippen LogP contribution in [-0.4, -0.2) is 47.1 Å². The molecule has 0 radical (unpaired) electrons. The molecule has 0 aliphatic heterocycles. The summed E-state index contributed by atoms with van der Waals surface area (Å²) in [5.74, 6) is -0.823. The Balaban J connectivity index is 4.11. The van der Waals surface area contributed by atoms with Crippen LogP contribution < -0.4 is 16.0 Å². The monoisotopic (exact) mass is 387 g/mol. The molecule has 0 aromatic heterocycles. The van der Waals surface area contributed by atoms with Crippen molar-refractivity contribution >= 4 is 18.2 Å². The summed E-state index contributed by atoms with van der Waals surface area (Å²) in [6, 6.07) is -1.03. The maximum atomic E-state index is 11.7. The van der Waals surface area contributed by atoms with E-state index in [9.17, 15) is 19.5 Å². The van der Waals surface area contributed by atoms with Gasteiger partial charge in [0.15, 0.2) is 0 Å². The number of nitrogens with one attached hydrogen (secondary N) is 3. The molecule has 0 aromatic carbocycles. The summed E-state index contributed by atoms with van der Waals surface area (Å²) in [6.45, 7) is 14.5. The zero-order valence-corrected chi connectivity index (χ0v) is 17.1. The molecule has 156 valence electrons. The summed E-state index contributed by atoms with van der Waals surface area (Å²) < 4.78 is 10.2. The first-order valence-corrected chi connectivity index (χ1v) is 8.85. The van der Waals surface area contributed by atoms with Crippen molar-refractivity contribution in [2.24, 2.45) is 0 Å². The van der Waals surface area contributed by atoms with Crippen LogP contribution in [0.3, 0.4) is 0 Å². The number of carbonyl (C=O) groups excluding carboxylic acids is 2. The molecule has 9 nitrogen and oxygen atoms in total. The Morgan fingerprint density at radius 2 is 1.48 bits per heavy atom. The van der Waals surface area contributed by atoms with Gasteiger partial charge < -0.3 is 25.2 Å². The van der Waals surface area contributed by atoms with Crippen molar-refractivity contribution in [1.29, 1.82) is 0 Å². The summed E-state index contributed by atoms with van der Waals surface area (Å²) in [5, 5.41) is 16.9. The zero-order chi connectivity index (χ0) is 21.3. The van der Waals surface area contributed by atoms with Crippen LogP contribution in [0.1, 0.15) is 60.8 Å². The third-order valence-electron chi connectivity index (χ3n) is 2.90. The van der Waals surface area contributed by atoms with Crippen molar-refractivity contribution in [3.8, 4) is 0 Å². The van der Waals surface area contributed by atoms with E-state index < -0.39 is 35.4 Å². The number of alkyl carbamates (subject to hydrolysis) is 2. The fourth-order valence-corrected chi connectivity index (χ4v) is 1.89. The predicted octanol–water partition coefficient (Wildman–Crippen LogP) is 2.72. The lowest BCUT2D eigenvalue weighted by molar-refractivity contribution is -0.139. The van der Waals surface area contributed by atoms with E-state index in [0.717, 1.165) is 0 Å². The number of rotatable bonds is 9. The Bertz CT molecular complexity index is 534. The highest BCUT2D eigenvalue weighted by molar-refractivity contribution is 5.79. The predicted molar refractivity (Wildman–Crippen MR) is 101 cm³/mol. The van der Waals surface area contributed by atoms with Crippen LogP contribution in [0.2, 0.25) is 0 Å². The molecule has 0 aromatic rings. The van der Waals surface area contributed by atoms with Crippen LogP contribution in [0, 0.1) is 0 Å². The van der Waals surface area contributed by atoms with Gasteiger partial charge in [-0.05, 0) is 60.8 Å². The summed E-state index contributed by atoms with van der Waals surface area (Å²) in [4.78, 5) is 34.5. The fourth-order valence-electron chi connectivity index (χ4n) is 1.89. The molecular formula is C18H33N3O6. The van der Waals surface area contributed by atoms with Crippen LogP contribution in [-0.2, 0) is 14.3 Å². The van der Waals surface area contributed by atoms with Crippen LogP contribution >= 0.6 is 0 Å². The van der Waals surface area contributed by atoms with E-state index in [2.05, 4.69) is 22.5 Å². The van der Waals surface area contributed by atoms with E-state index in [1.807, 2.05) is 0 Å². The molecule has 0 saturated carbocycles. The van der Waals surface area contributed by atoms with E-state index in [0.29, 0.717) is 25.2 Å². The summed E-state index contributed by atoms with van der Waals surface area (Å²) in [7, 11) is 0.